The van der Waals surface area contributed by atoms with Gasteiger partial charge in [-0.05, 0) is 41.9 Å². The van der Waals surface area contributed by atoms with E-state index >= 15 is 0 Å². The largest absolute Gasteiger partial charge is 0.338 e. The summed E-state index contributed by atoms with van der Waals surface area (Å²) in [6, 6.07) is 2.36. The first-order valence-electron chi connectivity index (χ1n) is 5.78. The number of hydrogen-bond donors (Lipinski definition) is 1. The number of pyridine rings is 1. The summed E-state index contributed by atoms with van der Waals surface area (Å²) in [6.45, 7) is 1.63. The van der Waals surface area contributed by atoms with Crippen molar-refractivity contribution in [1.82, 2.24) is 15.2 Å². The zero-order chi connectivity index (χ0) is 12.3. The van der Waals surface area contributed by atoms with Crippen LogP contribution in [0.25, 0.3) is 0 Å². The number of aromatic nitrogens is 1. The van der Waals surface area contributed by atoms with Crippen molar-refractivity contribution in [2.45, 2.75) is 18.9 Å². The normalized spacial score (nSPS) is 17.2. The Hall–Kier alpha value is -0.940. The average molecular weight is 298 g/mol. The van der Waals surface area contributed by atoms with Gasteiger partial charge in [-0.2, -0.15) is 0 Å². The lowest BCUT2D eigenvalue weighted by molar-refractivity contribution is 0.0707. The van der Waals surface area contributed by atoms with Crippen molar-refractivity contribution in [3.8, 4) is 0 Å². The third kappa shape index (κ3) is 3.04. The Morgan fingerprint density at radius 3 is 2.76 bits per heavy atom. The highest BCUT2D eigenvalue weighted by atomic mass is 79.9. The molecule has 0 saturated carbocycles. The van der Waals surface area contributed by atoms with Crippen LogP contribution < -0.4 is 5.32 Å². The quantitative estimate of drug-likeness (QED) is 0.903. The van der Waals surface area contributed by atoms with E-state index in [4.69, 9.17) is 0 Å². The Morgan fingerprint density at radius 2 is 2.18 bits per heavy atom. The lowest BCUT2D eigenvalue weighted by atomic mass is 10.0. The van der Waals surface area contributed by atoms with Crippen LogP contribution in [0.15, 0.2) is 22.9 Å². The zero-order valence-electron chi connectivity index (χ0n) is 9.82. The average Bonchev–Trinajstić information content (AvgIpc) is 2.38. The summed E-state index contributed by atoms with van der Waals surface area (Å²) < 4.78 is 0.841. The van der Waals surface area contributed by atoms with Crippen molar-refractivity contribution < 1.29 is 4.79 Å². The van der Waals surface area contributed by atoms with E-state index in [1.54, 1.807) is 12.4 Å². The maximum atomic E-state index is 12.2. The number of carbonyl (C=O) groups is 1. The van der Waals surface area contributed by atoms with Gasteiger partial charge in [0.1, 0.15) is 0 Å². The summed E-state index contributed by atoms with van der Waals surface area (Å²) in [4.78, 5) is 18.1. The van der Waals surface area contributed by atoms with Gasteiger partial charge in [-0.1, -0.05) is 0 Å². The molecule has 5 heteroatoms. The highest BCUT2D eigenvalue weighted by Crippen LogP contribution is 2.15. The maximum Gasteiger partial charge on any atom is 0.255 e. The fraction of sp³-hybridized carbons (Fsp3) is 0.500. The number of nitrogens with zero attached hydrogens (tertiary/aromatic N) is 2. The lowest BCUT2D eigenvalue weighted by Gasteiger charge is -2.31. The summed E-state index contributed by atoms with van der Waals surface area (Å²) in [5, 5.41) is 3.25. The molecule has 1 aromatic heterocycles. The van der Waals surface area contributed by atoms with Crippen molar-refractivity contribution in [3.05, 3.63) is 28.5 Å². The van der Waals surface area contributed by atoms with Crippen LogP contribution in [0.4, 0.5) is 0 Å². The van der Waals surface area contributed by atoms with E-state index in [0.717, 1.165) is 30.4 Å². The molecule has 1 amide bonds. The molecule has 2 rings (SSSR count). The third-order valence-electron chi connectivity index (χ3n) is 3.14. The molecule has 1 aromatic rings. The molecule has 0 spiro atoms. The summed E-state index contributed by atoms with van der Waals surface area (Å²) in [5.41, 5.74) is 0.655. The molecule has 0 radical (unpaired) electrons. The van der Waals surface area contributed by atoms with Gasteiger partial charge in [0.2, 0.25) is 0 Å². The topological polar surface area (TPSA) is 45.2 Å². The first kappa shape index (κ1) is 12.5. The number of nitrogens with one attached hydrogen (secondary N) is 1. The van der Waals surface area contributed by atoms with Gasteiger partial charge in [-0.3, -0.25) is 9.78 Å². The van der Waals surface area contributed by atoms with Crippen LogP contribution in [0.3, 0.4) is 0 Å². The van der Waals surface area contributed by atoms with Crippen LogP contribution in [0.5, 0.6) is 0 Å². The fourth-order valence-electron chi connectivity index (χ4n) is 2.08. The highest BCUT2D eigenvalue weighted by molar-refractivity contribution is 9.10. The van der Waals surface area contributed by atoms with E-state index in [9.17, 15) is 4.79 Å². The minimum Gasteiger partial charge on any atom is -0.338 e. The van der Waals surface area contributed by atoms with Gasteiger partial charge in [0, 0.05) is 36.0 Å². The van der Waals surface area contributed by atoms with E-state index in [1.165, 1.54) is 0 Å². The standard InChI is InChI=1S/C12H16BrN3O/c1-14-11-2-4-16(5-3-11)12(17)9-6-10(13)8-15-7-9/h6-8,11,14H,2-5H2,1H3. The smallest absolute Gasteiger partial charge is 0.255 e. The predicted octanol–water partition coefficient (Wildman–Crippen LogP) is 1.67. The summed E-state index contributed by atoms with van der Waals surface area (Å²) >= 11 is 3.33. The number of likely N-dealkylation sites (tertiary alicyclic amines) is 1. The van der Waals surface area contributed by atoms with Crippen LogP contribution in [-0.2, 0) is 0 Å². The first-order chi connectivity index (χ1) is 8.20. The minimum absolute atomic E-state index is 0.0772. The Morgan fingerprint density at radius 1 is 1.47 bits per heavy atom. The number of rotatable bonds is 2. The third-order valence-corrected chi connectivity index (χ3v) is 3.58. The second kappa shape index (κ2) is 5.60. The molecule has 17 heavy (non-hydrogen) atoms. The Labute approximate surface area is 110 Å². The van der Waals surface area contributed by atoms with Crippen LogP contribution in [0.2, 0.25) is 0 Å². The van der Waals surface area contributed by atoms with Crippen LogP contribution in [-0.4, -0.2) is 42.0 Å². The zero-order valence-corrected chi connectivity index (χ0v) is 11.4. The molecule has 1 saturated heterocycles. The molecule has 1 aliphatic heterocycles. The molecule has 2 heterocycles. The summed E-state index contributed by atoms with van der Waals surface area (Å²) in [7, 11) is 1.97. The molecule has 1 N–H and O–H groups in total. The van der Waals surface area contributed by atoms with E-state index in [2.05, 4.69) is 26.2 Å². The van der Waals surface area contributed by atoms with E-state index in [1.807, 2.05) is 18.0 Å². The van der Waals surface area contributed by atoms with E-state index in [-0.39, 0.29) is 5.91 Å². The Bertz CT molecular complexity index is 402. The van der Waals surface area contributed by atoms with Crippen LogP contribution in [0.1, 0.15) is 23.2 Å². The SMILES string of the molecule is CNC1CCN(C(=O)c2cncc(Br)c2)CC1. The van der Waals surface area contributed by atoms with E-state index in [0.29, 0.717) is 11.6 Å². The Kier molecular flexibility index (Phi) is 4.12. The maximum absolute atomic E-state index is 12.2. The van der Waals surface area contributed by atoms with Gasteiger partial charge in [-0.25, -0.2) is 0 Å². The predicted molar refractivity (Wildman–Crippen MR) is 69.9 cm³/mol. The molecule has 92 valence electrons. The second-order valence-corrected chi connectivity index (χ2v) is 5.16. The molecule has 0 aromatic carbocycles. The summed E-state index contributed by atoms with van der Waals surface area (Å²) in [5.74, 6) is 0.0772. The molecular formula is C12H16BrN3O. The van der Waals surface area contributed by atoms with Crippen molar-refractivity contribution in [3.63, 3.8) is 0 Å². The van der Waals surface area contributed by atoms with Gasteiger partial charge in [-0.15, -0.1) is 0 Å². The molecule has 0 aliphatic carbocycles. The highest BCUT2D eigenvalue weighted by Gasteiger charge is 2.22. The lowest BCUT2D eigenvalue weighted by Crippen LogP contribution is -2.43. The molecule has 1 fully saturated rings. The molecule has 0 unspecified atom stereocenters. The molecule has 4 nitrogen and oxygen atoms in total. The van der Waals surface area contributed by atoms with Gasteiger partial charge in [0.25, 0.3) is 5.91 Å². The van der Waals surface area contributed by atoms with E-state index < -0.39 is 0 Å². The molecular weight excluding hydrogens is 282 g/mol. The van der Waals surface area contributed by atoms with Crippen molar-refractivity contribution in [2.75, 3.05) is 20.1 Å². The van der Waals surface area contributed by atoms with Crippen LogP contribution >= 0.6 is 15.9 Å². The number of amides is 1. The number of halogens is 1. The van der Waals surface area contributed by atoms with Crippen LogP contribution in [0, 0.1) is 0 Å². The molecule has 0 atom stereocenters. The second-order valence-electron chi connectivity index (χ2n) is 4.25. The van der Waals surface area contributed by atoms with Gasteiger partial charge < -0.3 is 10.2 Å². The summed E-state index contributed by atoms with van der Waals surface area (Å²) in [6.07, 6.45) is 5.34. The number of hydrogen-bond acceptors (Lipinski definition) is 3. The fourth-order valence-corrected chi connectivity index (χ4v) is 2.45. The van der Waals surface area contributed by atoms with Crippen molar-refractivity contribution in [1.29, 1.82) is 0 Å². The first-order valence-corrected chi connectivity index (χ1v) is 6.57. The number of carbonyl (C=O) groups excluding carboxylic acids is 1. The Balaban J connectivity index is 2.02. The monoisotopic (exact) mass is 297 g/mol. The van der Waals surface area contributed by atoms with Crippen molar-refractivity contribution >= 4 is 21.8 Å². The van der Waals surface area contributed by atoms with Gasteiger partial charge in [0.05, 0.1) is 5.56 Å². The molecule has 0 bridgehead atoms. The van der Waals surface area contributed by atoms with Crippen molar-refractivity contribution in [2.24, 2.45) is 0 Å². The number of piperidine rings is 1. The molecule has 1 aliphatic rings. The minimum atomic E-state index is 0.0772. The van der Waals surface area contributed by atoms with Gasteiger partial charge >= 0.3 is 0 Å². The van der Waals surface area contributed by atoms with Gasteiger partial charge in [0.15, 0.2) is 0 Å².